The molecule has 0 bridgehead atoms. The number of carboxylic acid groups (broad SMARTS) is 1. The first-order chi connectivity index (χ1) is 7.13. The summed E-state index contributed by atoms with van der Waals surface area (Å²) in [6.07, 6.45) is 2.30. The van der Waals surface area contributed by atoms with Crippen LogP contribution in [-0.2, 0) is 6.42 Å². The van der Waals surface area contributed by atoms with E-state index in [0.717, 1.165) is 17.8 Å². The summed E-state index contributed by atoms with van der Waals surface area (Å²) in [7, 11) is 0. The van der Waals surface area contributed by atoms with Crippen molar-refractivity contribution in [2.75, 3.05) is 5.73 Å². The Labute approximate surface area is 89.6 Å². The fourth-order valence-electron chi connectivity index (χ4n) is 1.27. The molecular formula is C9H9N3O2S. The maximum absolute atomic E-state index is 10.8. The molecule has 0 radical (unpaired) electrons. The lowest BCUT2D eigenvalue weighted by Gasteiger charge is -1.94. The summed E-state index contributed by atoms with van der Waals surface area (Å²) in [5.74, 6) is -0.325. The van der Waals surface area contributed by atoms with Gasteiger partial charge in [0.1, 0.15) is 15.5 Å². The second kappa shape index (κ2) is 3.47. The van der Waals surface area contributed by atoms with E-state index in [2.05, 4.69) is 9.97 Å². The maximum Gasteiger partial charge on any atom is 0.348 e. The molecule has 0 spiro atoms. The zero-order chi connectivity index (χ0) is 11.0. The number of thiophene rings is 1. The Morgan fingerprint density at radius 2 is 2.40 bits per heavy atom. The second-order valence-electron chi connectivity index (χ2n) is 3.01. The number of hydrogen-bond acceptors (Lipinski definition) is 5. The Morgan fingerprint density at radius 1 is 1.67 bits per heavy atom. The third kappa shape index (κ3) is 1.52. The molecule has 15 heavy (non-hydrogen) atoms. The van der Waals surface area contributed by atoms with Gasteiger partial charge in [0, 0.05) is 12.6 Å². The number of anilines is 1. The molecular weight excluding hydrogens is 214 g/mol. The van der Waals surface area contributed by atoms with Crippen LogP contribution in [0.4, 0.5) is 5.69 Å². The molecule has 5 nitrogen and oxygen atoms in total. The predicted molar refractivity (Wildman–Crippen MR) is 58.2 cm³/mol. The molecule has 2 aromatic heterocycles. The Morgan fingerprint density at radius 3 is 3.00 bits per heavy atom. The first-order valence-electron chi connectivity index (χ1n) is 4.40. The highest BCUT2D eigenvalue weighted by Gasteiger charge is 2.16. The summed E-state index contributed by atoms with van der Waals surface area (Å²) in [4.78, 5) is 19.9. The molecule has 6 heteroatoms. The standard InChI is InChI=1S/C9H9N3O2S/c1-2-5-11-3-4-6(10)7(9(13)14)15-8(4)12-5/h3H,2,10H2,1H3,(H,13,14). The zero-order valence-corrected chi connectivity index (χ0v) is 8.84. The Hall–Kier alpha value is -1.69. The van der Waals surface area contributed by atoms with Crippen molar-refractivity contribution in [3.8, 4) is 0 Å². The van der Waals surface area contributed by atoms with Crippen molar-refractivity contribution in [1.29, 1.82) is 0 Å². The molecule has 2 heterocycles. The molecule has 0 aliphatic carbocycles. The zero-order valence-electron chi connectivity index (χ0n) is 8.02. The highest BCUT2D eigenvalue weighted by atomic mass is 32.1. The van der Waals surface area contributed by atoms with Gasteiger partial charge in [0.05, 0.1) is 11.1 Å². The van der Waals surface area contributed by atoms with Gasteiger partial charge in [0.25, 0.3) is 0 Å². The van der Waals surface area contributed by atoms with Gasteiger partial charge < -0.3 is 10.8 Å². The summed E-state index contributed by atoms with van der Waals surface area (Å²) in [5.41, 5.74) is 5.94. The van der Waals surface area contributed by atoms with Crippen LogP contribution in [0, 0.1) is 0 Å². The molecule has 0 unspecified atom stereocenters. The van der Waals surface area contributed by atoms with Gasteiger partial charge in [-0.05, 0) is 0 Å². The van der Waals surface area contributed by atoms with Crippen LogP contribution in [0.25, 0.3) is 10.2 Å². The number of nitrogen functional groups attached to an aromatic ring is 1. The summed E-state index contributed by atoms with van der Waals surface area (Å²) < 4.78 is 0. The van der Waals surface area contributed by atoms with Crippen LogP contribution in [-0.4, -0.2) is 21.0 Å². The normalized spacial score (nSPS) is 10.7. The highest BCUT2D eigenvalue weighted by Crippen LogP contribution is 2.31. The number of aryl methyl sites for hydroxylation is 1. The quantitative estimate of drug-likeness (QED) is 0.806. The molecule has 0 aromatic carbocycles. The van der Waals surface area contributed by atoms with E-state index >= 15 is 0 Å². The average Bonchev–Trinajstić information content (AvgIpc) is 2.55. The summed E-state index contributed by atoms with van der Waals surface area (Å²) in [5, 5.41) is 9.50. The lowest BCUT2D eigenvalue weighted by Crippen LogP contribution is -1.97. The minimum atomic E-state index is -1.02. The lowest BCUT2D eigenvalue weighted by atomic mass is 10.3. The molecule has 78 valence electrons. The van der Waals surface area contributed by atoms with Gasteiger partial charge in [-0.1, -0.05) is 6.92 Å². The van der Waals surface area contributed by atoms with Gasteiger partial charge in [-0.2, -0.15) is 0 Å². The van der Waals surface area contributed by atoms with E-state index in [9.17, 15) is 4.79 Å². The van der Waals surface area contributed by atoms with Gasteiger partial charge in [-0.15, -0.1) is 11.3 Å². The van der Waals surface area contributed by atoms with Crippen LogP contribution < -0.4 is 5.73 Å². The smallest absolute Gasteiger partial charge is 0.348 e. The number of fused-ring (bicyclic) bond motifs is 1. The molecule has 0 amide bonds. The third-order valence-electron chi connectivity index (χ3n) is 2.05. The van der Waals surface area contributed by atoms with Crippen molar-refractivity contribution in [2.24, 2.45) is 0 Å². The van der Waals surface area contributed by atoms with E-state index in [4.69, 9.17) is 10.8 Å². The lowest BCUT2D eigenvalue weighted by molar-refractivity contribution is 0.0703. The van der Waals surface area contributed by atoms with Crippen LogP contribution in [0.3, 0.4) is 0 Å². The maximum atomic E-state index is 10.8. The molecule has 0 aliphatic rings. The summed E-state index contributed by atoms with van der Waals surface area (Å²) in [6.45, 7) is 1.94. The summed E-state index contributed by atoms with van der Waals surface area (Å²) >= 11 is 1.09. The first-order valence-corrected chi connectivity index (χ1v) is 5.22. The van der Waals surface area contributed by atoms with Crippen molar-refractivity contribution >= 4 is 33.2 Å². The number of nitrogens with two attached hydrogens (primary N) is 1. The number of carbonyl (C=O) groups is 1. The Kier molecular flexibility index (Phi) is 2.28. The van der Waals surface area contributed by atoms with Crippen molar-refractivity contribution in [2.45, 2.75) is 13.3 Å². The second-order valence-corrected chi connectivity index (χ2v) is 4.01. The predicted octanol–water partition coefficient (Wildman–Crippen LogP) is 1.53. The molecule has 2 aromatic rings. The fraction of sp³-hybridized carbons (Fsp3) is 0.222. The third-order valence-corrected chi connectivity index (χ3v) is 3.15. The average molecular weight is 223 g/mol. The number of rotatable bonds is 2. The molecule has 0 atom stereocenters. The minimum Gasteiger partial charge on any atom is -0.477 e. The van der Waals surface area contributed by atoms with Gasteiger partial charge in [-0.3, -0.25) is 0 Å². The van der Waals surface area contributed by atoms with Crippen LogP contribution in [0.2, 0.25) is 0 Å². The van der Waals surface area contributed by atoms with Crippen LogP contribution in [0.15, 0.2) is 6.20 Å². The van der Waals surface area contributed by atoms with Crippen molar-refractivity contribution < 1.29 is 9.90 Å². The first kappa shape index (κ1) is 9.85. The number of carboxylic acids is 1. The Balaban J connectivity index is 2.70. The Bertz CT molecular complexity index is 535. The highest BCUT2D eigenvalue weighted by molar-refractivity contribution is 7.21. The summed E-state index contributed by atoms with van der Waals surface area (Å²) in [6, 6.07) is 0. The van der Waals surface area contributed by atoms with E-state index in [1.165, 1.54) is 0 Å². The van der Waals surface area contributed by atoms with Gasteiger partial charge in [0.15, 0.2) is 0 Å². The largest absolute Gasteiger partial charge is 0.477 e. The molecule has 0 fully saturated rings. The van der Waals surface area contributed by atoms with E-state index in [0.29, 0.717) is 16.0 Å². The molecule has 0 aliphatic heterocycles. The molecule has 3 N–H and O–H groups in total. The molecule has 0 saturated carbocycles. The van der Waals surface area contributed by atoms with Crippen molar-refractivity contribution in [3.63, 3.8) is 0 Å². The number of nitrogens with zero attached hydrogens (tertiary/aromatic N) is 2. The molecule has 2 rings (SSSR count). The van der Waals surface area contributed by atoms with Crippen molar-refractivity contribution in [1.82, 2.24) is 9.97 Å². The van der Waals surface area contributed by atoms with Gasteiger partial charge in [-0.25, -0.2) is 14.8 Å². The van der Waals surface area contributed by atoms with Crippen molar-refractivity contribution in [3.05, 3.63) is 16.9 Å². The fourth-order valence-corrected chi connectivity index (χ4v) is 2.19. The van der Waals surface area contributed by atoms with Gasteiger partial charge >= 0.3 is 5.97 Å². The van der Waals surface area contributed by atoms with Crippen LogP contribution >= 0.6 is 11.3 Å². The monoisotopic (exact) mass is 223 g/mol. The topological polar surface area (TPSA) is 89.1 Å². The number of hydrogen-bond donors (Lipinski definition) is 2. The van der Waals surface area contributed by atoms with Crippen LogP contribution in [0.5, 0.6) is 0 Å². The molecule has 0 saturated heterocycles. The van der Waals surface area contributed by atoms with E-state index in [1.54, 1.807) is 6.20 Å². The van der Waals surface area contributed by atoms with E-state index in [1.807, 2.05) is 6.92 Å². The SMILES string of the molecule is CCc1ncc2c(N)c(C(=O)O)sc2n1. The van der Waals surface area contributed by atoms with E-state index in [-0.39, 0.29) is 10.6 Å². The number of aromatic carboxylic acids is 1. The van der Waals surface area contributed by atoms with Gasteiger partial charge in [0.2, 0.25) is 0 Å². The minimum absolute atomic E-state index is 0.132. The van der Waals surface area contributed by atoms with Crippen LogP contribution in [0.1, 0.15) is 22.4 Å². The van der Waals surface area contributed by atoms with E-state index < -0.39 is 5.97 Å². The number of aromatic nitrogens is 2.